The fourth-order valence-corrected chi connectivity index (χ4v) is 3.54. The molecule has 0 amide bonds. The molecule has 102 valence electrons. The van der Waals surface area contributed by atoms with Gasteiger partial charge in [-0.1, -0.05) is 33.6 Å². The lowest BCUT2D eigenvalue weighted by atomic mass is 9.69. The molecule has 0 aromatic carbocycles. The van der Waals surface area contributed by atoms with E-state index in [-0.39, 0.29) is 0 Å². The topological polar surface area (TPSA) is 29.3 Å². The van der Waals surface area contributed by atoms with E-state index in [0.717, 1.165) is 12.5 Å². The first-order chi connectivity index (χ1) is 8.15. The van der Waals surface area contributed by atoms with Gasteiger partial charge < -0.3 is 10.6 Å². The maximum absolute atomic E-state index is 6.11. The Morgan fingerprint density at radius 3 is 2.35 bits per heavy atom. The van der Waals surface area contributed by atoms with Gasteiger partial charge in [-0.15, -0.1) is 0 Å². The molecule has 0 radical (unpaired) electrons. The summed E-state index contributed by atoms with van der Waals surface area (Å²) in [6, 6.07) is 0. The lowest BCUT2D eigenvalue weighted by Crippen LogP contribution is -2.45. The standard InChI is InChI=1S/C15H32N2/c1-4-9-17(10-5-2)13-15(12-16)8-6-7-14(3)11-15/h14H,4-13,16H2,1-3H3. The van der Waals surface area contributed by atoms with Gasteiger partial charge in [0.15, 0.2) is 0 Å². The van der Waals surface area contributed by atoms with Crippen molar-refractivity contribution in [1.29, 1.82) is 0 Å². The molecule has 0 aromatic rings. The third kappa shape index (κ3) is 4.59. The summed E-state index contributed by atoms with van der Waals surface area (Å²) in [6.07, 6.45) is 7.99. The molecule has 0 aliphatic heterocycles. The van der Waals surface area contributed by atoms with Gasteiger partial charge in [0.1, 0.15) is 0 Å². The van der Waals surface area contributed by atoms with E-state index in [2.05, 4.69) is 25.7 Å². The van der Waals surface area contributed by atoms with Gasteiger partial charge in [-0.3, -0.25) is 0 Å². The van der Waals surface area contributed by atoms with Crippen LogP contribution in [0.1, 0.15) is 59.3 Å². The number of hydrogen-bond donors (Lipinski definition) is 1. The fourth-order valence-electron chi connectivity index (χ4n) is 3.54. The van der Waals surface area contributed by atoms with Crippen molar-refractivity contribution in [1.82, 2.24) is 4.90 Å². The van der Waals surface area contributed by atoms with Crippen LogP contribution in [0.5, 0.6) is 0 Å². The molecule has 2 atom stereocenters. The number of hydrogen-bond acceptors (Lipinski definition) is 2. The molecule has 0 bridgehead atoms. The van der Waals surface area contributed by atoms with Crippen molar-refractivity contribution < 1.29 is 0 Å². The van der Waals surface area contributed by atoms with Crippen molar-refractivity contribution in [3.8, 4) is 0 Å². The monoisotopic (exact) mass is 240 g/mol. The first-order valence-corrected chi connectivity index (χ1v) is 7.58. The van der Waals surface area contributed by atoms with Crippen LogP contribution in [0.25, 0.3) is 0 Å². The Balaban J connectivity index is 2.58. The van der Waals surface area contributed by atoms with E-state index < -0.39 is 0 Å². The molecule has 17 heavy (non-hydrogen) atoms. The number of rotatable bonds is 7. The maximum atomic E-state index is 6.11. The molecule has 2 heteroatoms. The number of nitrogens with zero attached hydrogens (tertiary/aromatic N) is 1. The van der Waals surface area contributed by atoms with Gasteiger partial charge in [0, 0.05) is 6.54 Å². The van der Waals surface area contributed by atoms with Crippen LogP contribution in [0, 0.1) is 11.3 Å². The van der Waals surface area contributed by atoms with Crippen LogP contribution in [0.3, 0.4) is 0 Å². The zero-order valence-corrected chi connectivity index (χ0v) is 12.2. The predicted octanol–water partition coefficient (Wildman–Crippen LogP) is 3.26. The van der Waals surface area contributed by atoms with E-state index in [1.54, 1.807) is 0 Å². The average molecular weight is 240 g/mol. The Morgan fingerprint density at radius 2 is 1.88 bits per heavy atom. The number of nitrogens with two attached hydrogens (primary N) is 1. The first kappa shape index (κ1) is 15.0. The van der Waals surface area contributed by atoms with Crippen LogP contribution in [0.2, 0.25) is 0 Å². The van der Waals surface area contributed by atoms with Gasteiger partial charge in [-0.05, 0) is 56.7 Å². The molecular formula is C15H32N2. The van der Waals surface area contributed by atoms with Crippen LogP contribution >= 0.6 is 0 Å². The van der Waals surface area contributed by atoms with Crippen molar-refractivity contribution in [2.45, 2.75) is 59.3 Å². The van der Waals surface area contributed by atoms with E-state index in [1.165, 1.54) is 58.2 Å². The van der Waals surface area contributed by atoms with E-state index in [0.29, 0.717) is 5.41 Å². The van der Waals surface area contributed by atoms with Gasteiger partial charge in [-0.2, -0.15) is 0 Å². The molecule has 2 unspecified atom stereocenters. The van der Waals surface area contributed by atoms with E-state index in [9.17, 15) is 0 Å². The van der Waals surface area contributed by atoms with Crippen molar-refractivity contribution >= 4 is 0 Å². The van der Waals surface area contributed by atoms with Gasteiger partial charge >= 0.3 is 0 Å². The quantitative estimate of drug-likeness (QED) is 0.740. The van der Waals surface area contributed by atoms with Crippen LogP contribution in [0.15, 0.2) is 0 Å². The van der Waals surface area contributed by atoms with Crippen molar-refractivity contribution in [2.24, 2.45) is 17.1 Å². The largest absolute Gasteiger partial charge is 0.330 e. The van der Waals surface area contributed by atoms with Crippen molar-refractivity contribution in [2.75, 3.05) is 26.2 Å². The fraction of sp³-hybridized carbons (Fsp3) is 1.00. The molecule has 1 saturated carbocycles. The average Bonchev–Trinajstić information content (AvgIpc) is 2.30. The zero-order chi connectivity index (χ0) is 12.7. The molecule has 1 rings (SSSR count). The predicted molar refractivity (Wildman–Crippen MR) is 76.1 cm³/mol. The minimum absolute atomic E-state index is 0.419. The molecule has 2 nitrogen and oxygen atoms in total. The van der Waals surface area contributed by atoms with Gasteiger partial charge in [0.25, 0.3) is 0 Å². The second-order valence-electron chi connectivity index (χ2n) is 6.18. The lowest BCUT2D eigenvalue weighted by Gasteiger charge is -2.42. The highest BCUT2D eigenvalue weighted by Gasteiger charge is 2.34. The summed E-state index contributed by atoms with van der Waals surface area (Å²) in [4.78, 5) is 2.64. The summed E-state index contributed by atoms with van der Waals surface area (Å²) in [6.45, 7) is 11.5. The maximum Gasteiger partial charge on any atom is 0.00502 e. The summed E-state index contributed by atoms with van der Waals surface area (Å²) in [5, 5.41) is 0. The van der Waals surface area contributed by atoms with E-state index in [1.807, 2.05) is 0 Å². The molecule has 0 aromatic heterocycles. The van der Waals surface area contributed by atoms with Crippen molar-refractivity contribution in [3.05, 3.63) is 0 Å². The van der Waals surface area contributed by atoms with Crippen LogP contribution in [0.4, 0.5) is 0 Å². The highest BCUT2D eigenvalue weighted by atomic mass is 15.1. The molecule has 1 aliphatic rings. The van der Waals surface area contributed by atoms with Gasteiger partial charge in [-0.25, -0.2) is 0 Å². The smallest absolute Gasteiger partial charge is 0.00502 e. The second-order valence-corrected chi connectivity index (χ2v) is 6.18. The molecule has 2 N–H and O–H groups in total. The molecular weight excluding hydrogens is 208 g/mol. The Hall–Kier alpha value is -0.0800. The Labute approximate surface area is 108 Å². The van der Waals surface area contributed by atoms with Crippen LogP contribution in [-0.2, 0) is 0 Å². The van der Waals surface area contributed by atoms with E-state index >= 15 is 0 Å². The summed E-state index contributed by atoms with van der Waals surface area (Å²) in [5.74, 6) is 0.873. The zero-order valence-electron chi connectivity index (χ0n) is 12.2. The highest BCUT2D eigenvalue weighted by molar-refractivity contribution is 4.88. The third-order valence-corrected chi connectivity index (χ3v) is 4.26. The summed E-state index contributed by atoms with van der Waals surface area (Å²) in [7, 11) is 0. The molecule has 1 aliphatic carbocycles. The Morgan fingerprint density at radius 1 is 1.24 bits per heavy atom. The third-order valence-electron chi connectivity index (χ3n) is 4.26. The molecule has 0 heterocycles. The Kier molecular flexibility index (Phi) is 6.50. The second kappa shape index (κ2) is 7.38. The minimum atomic E-state index is 0.419. The highest BCUT2D eigenvalue weighted by Crippen LogP contribution is 2.39. The van der Waals surface area contributed by atoms with Gasteiger partial charge in [0.05, 0.1) is 0 Å². The van der Waals surface area contributed by atoms with Gasteiger partial charge in [0.2, 0.25) is 0 Å². The summed E-state index contributed by atoms with van der Waals surface area (Å²) >= 11 is 0. The molecule has 1 fully saturated rings. The van der Waals surface area contributed by atoms with E-state index in [4.69, 9.17) is 5.73 Å². The normalized spacial score (nSPS) is 29.8. The first-order valence-electron chi connectivity index (χ1n) is 7.58. The summed E-state index contributed by atoms with van der Waals surface area (Å²) < 4.78 is 0. The minimum Gasteiger partial charge on any atom is -0.330 e. The van der Waals surface area contributed by atoms with Crippen LogP contribution < -0.4 is 5.73 Å². The Bertz CT molecular complexity index is 199. The van der Waals surface area contributed by atoms with Crippen LogP contribution in [-0.4, -0.2) is 31.1 Å². The lowest BCUT2D eigenvalue weighted by molar-refractivity contribution is 0.0881. The van der Waals surface area contributed by atoms with Crippen molar-refractivity contribution in [3.63, 3.8) is 0 Å². The molecule has 0 spiro atoms. The molecule has 0 saturated heterocycles. The summed E-state index contributed by atoms with van der Waals surface area (Å²) in [5.41, 5.74) is 6.53. The SMILES string of the molecule is CCCN(CCC)CC1(CN)CCCC(C)C1.